The van der Waals surface area contributed by atoms with E-state index in [0.717, 1.165) is 4.48 Å². The van der Waals surface area contributed by atoms with Gasteiger partial charge >= 0.3 is 0 Å². The van der Waals surface area contributed by atoms with E-state index in [4.69, 9.17) is 0 Å². The average molecular weight is 210 g/mol. The number of hydrogen-bond donors (Lipinski definition) is 0. The molecule has 4 heteroatoms. The summed E-state index contributed by atoms with van der Waals surface area (Å²) < 4.78 is 1.00. The highest BCUT2D eigenvalue weighted by molar-refractivity contribution is 4.43. The molecule has 0 spiro atoms. The van der Waals surface area contributed by atoms with E-state index in [2.05, 4.69) is 53.9 Å². The Kier molecular flexibility index (Phi) is 21.6. The van der Waals surface area contributed by atoms with Crippen LogP contribution in [0.1, 0.15) is 20.8 Å². The molecule has 0 aliphatic carbocycles. The zero-order valence-electron chi connectivity index (χ0n) is 11.0. The fourth-order valence-corrected chi connectivity index (χ4v) is 0.671. The van der Waals surface area contributed by atoms with Crippen molar-refractivity contribution in [2.24, 2.45) is 0 Å². The Bertz CT molecular complexity index is 77.1. The maximum Gasteiger partial charge on any atom is 0.0675 e. The molecule has 0 radical (unpaired) electrons. The van der Waals surface area contributed by atoms with Gasteiger partial charge < -0.3 is 20.3 Å². The van der Waals surface area contributed by atoms with Crippen LogP contribution in [0.2, 0.25) is 0 Å². The number of quaternary nitrogens is 1. The Morgan fingerprint density at radius 2 is 0.929 bits per heavy atom. The van der Waals surface area contributed by atoms with E-state index in [9.17, 15) is 0 Å². The van der Waals surface area contributed by atoms with Crippen LogP contribution in [-0.2, 0) is 0 Å². The van der Waals surface area contributed by atoms with Crippen molar-refractivity contribution >= 4 is 0 Å². The van der Waals surface area contributed by atoms with Gasteiger partial charge in [-0.3, -0.25) is 0 Å². The van der Waals surface area contributed by atoms with Crippen molar-refractivity contribution in [3.05, 3.63) is 0 Å². The second-order valence-electron chi connectivity index (χ2n) is 4.30. The zero-order valence-corrected chi connectivity index (χ0v) is 11.0. The van der Waals surface area contributed by atoms with Crippen LogP contribution < -0.4 is 0 Å². The monoisotopic (exact) mass is 210 g/mol. The van der Waals surface area contributed by atoms with E-state index in [0.29, 0.717) is 0 Å². The van der Waals surface area contributed by atoms with Gasteiger partial charge in [0.25, 0.3) is 0 Å². The molecule has 3 N–H and O–H groups in total. The molecule has 0 rings (SSSR count). The van der Waals surface area contributed by atoms with E-state index in [-0.39, 0.29) is 11.0 Å². The second-order valence-corrected chi connectivity index (χ2v) is 4.30. The SMILES string of the molecule is CCN(CC)CC.C[N+](C)(C)C.O.[OH-]. The van der Waals surface area contributed by atoms with Gasteiger partial charge in [-0.25, -0.2) is 0 Å². The van der Waals surface area contributed by atoms with E-state index in [1.807, 2.05) is 0 Å². The highest BCUT2D eigenvalue weighted by atomic mass is 16.0. The summed E-state index contributed by atoms with van der Waals surface area (Å²) in [6.45, 7) is 10.1. The molecular formula is C10H30N2O2. The third-order valence-corrected chi connectivity index (χ3v) is 1.34. The highest BCUT2D eigenvalue weighted by Gasteiger charge is 1.89. The van der Waals surface area contributed by atoms with Gasteiger partial charge in [-0.05, 0) is 19.6 Å². The summed E-state index contributed by atoms with van der Waals surface area (Å²) in [6, 6.07) is 0. The topological polar surface area (TPSA) is 64.7 Å². The van der Waals surface area contributed by atoms with Crippen LogP contribution >= 0.6 is 0 Å². The van der Waals surface area contributed by atoms with Crippen molar-refractivity contribution in [1.82, 2.24) is 4.90 Å². The summed E-state index contributed by atoms with van der Waals surface area (Å²) in [6.07, 6.45) is 0. The first-order chi connectivity index (χ1) is 5.35. The molecule has 0 aromatic rings. The lowest BCUT2D eigenvalue weighted by atomic mass is 10.5. The van der Waals surface area contributed by atoms with Crippen LogP contribution in [0.5, 0.6) is 0 Å². The molecule has 0 aliphatic heterocycles. The Morgan fingerprint density at radius 3 is 0.929 bits per heavy atom. The van der Waals surface area contributed by atoms with E-state index in [1.54, 1.807) is 0 Å². The molecule has 0 atom stereocenters. The van der Waals surface area contributed by atoms with Crippen LogP contribution in [0.15, 0.2) is 0 Å². The zero-order chi connectivity index (χ0) is 10.2. The molecule has 0 heterocycles. The molecule has 4 nitrogen and oxygen atoms in total. The summed E-state index contributed by atoms with van der Waals surface area (Å²) in [4.78, 5) is 2.38. The minimum absolute atomic E-state index is 0. The standard InChI is InChI=1S/C6H15N.C4H12N.2H2O/c1-4-7(5-2)6-3;1-5(2,3)4;;/h4-6H2,1-3H3;1-4H3;2*1H2/q;+1;;/p-1. The maximum atomic E-state index is 2.38. The van der Waals surface area contributed by atoms with Crippen molar-refractivity contribution in [2.75, 3.05) is 47.8 Å². The van der Waals surface area contributed by atoms with E-state index < -0.39 is 0 Å². The summed E-state index contributed by atoms with van der Waals surface area (Å²) in [7, 11) is 8.50. The van der Waals surface area contributed by atoms with Crippen molar-refractivity contribution in [3.63, 3.8) is 0 Å². The minimum atomic E-state index is 0. The molecule has 0 aliphatic rings. The van der Waals surface area contributed by atoms with Gasteiger partial charge in [-0.1, -0.05) is 20.8 Å². The van der Waals surface area contributed by atoms with Gasteiger partial charge in [-0.15, -0.1) is 0 Å². The fraction of sp³-hybridized carbons (Fsp3) is 1.00. The Balaban J connectivity index is -0.0000000651. The lowest BCUT2D eigenvalue weighted by molar-refractivity contribution is -0.849. The van der Waals surface area contributed by atoms with Crippen molar-refractivity contribution in [1.29, 1.82) is 0 Å². The van der Waals surface area contributed by atoms with Crippen LogP contribution in [0.25, 0.3) is 0 Å². The highest BCUT2D eigenvalue weighted by Crippen LogP contribution is 1.81. The Labute approximate surface area is 89.7 Å². The largest absolute Gasteiger partial charge is 0.870 e. The third kappa shape index (κ3) is 40.8. The van der Waals surface area contributed by atoms with Crippen molar-refractivity contribution in [2.45, 2.75) is 20.8 Å². The third-order valence-electron chi connectivity index (χ3n) is 1.34. The number of rotatable bonds is 3. The first-order valence-corrected chi connectivity index (χ1v) is 4.86. The minimum Gasteiger partial charge on any atom is -0.870 e. The average Bonchev–Trinajstić information content (AvgIpc) is 1.88. The number of hydrogen-bond acceptors (Lipinski definition) is 2. The van der Waals surface area contributed by atoms with Crippen LogP contribution in [0.4, 0.5) is 0 Å². The van der Waals surface area contributed by atoms with Gasteiger partial charge in [0.1, 0.15) is 0 Å². The summed E-state index contributed by atoms with van der Waals surface area (Å²) in [5, 5.41) is 0. The van der Waals surface area contributed by atoms with E-state index >= 15 is 0 Å². The van der Waals surface area contributed by atoms with Gasteiger partial charge in [0.15, 0.2) is 0 Å². The summed E-state index contributed by atoms with van der Waals surface area (Å²) in [5.41, 5.74) is 0. The Hall–Kier alpha value is -0.160. The maximum absolute atomic E-state index is 2.38. The predicted octanol–water partition coefficient (Wildman–Crippen LogP) is 0.669. The van der Waals surface area contributed by atoms with Gasteiger partial charge in [-0.2, -0.15) is 0 Å². The van der Waals surface area contributed by atoms with E-state index in [1.165, 1.54) is 19.6 Å². The lowest BCUT2D eigenvalue weighted by Crippen LogP contribution is -2.27. The Morgan fingerprint density at radius 1 is 0.786 bits per heavy atom. The number of nitrogens with zero attached hydrogens (tertiary/aromatic N) is 2. The normalized spacial score (nSPS) is 9.43. The molecule has 0 bridgehead atoms. The molecule has 0 amide bonds. The molecule has 0 saturated heterocycles. The van der Waals surface area contributed by atoms with Gasteiger partial charge in [0.05, 0.1) is 28.2 Å². The molecule has 14 heavy (non-hydrogen) atoms. The fourth-order valence-electron chi connectivity index (χ4n) is 0.671. The van der Waals surface area contributed by atoms with Gasteiger partial charge in [0.2, 0.25) is 0 Å². The van der Waals surface area contributed by atoms with Crippen LogP contribution in [0.3, 0.4) is 0 Å². The van der Waals surface area contributed by atoms with Gasteiger partial charge in [0, 0.05) is 0 Å². The summed E-state index contributed by atoms with van der Waals surface area (Å²) in [5.74, 6) is 0. The molecule has 0 aromatic carbocycles. The van der Waals surface area contributed by atoms with Crippen molar-refractivity contribution < 1.29 is 15.4 Å². The molecule has 92 valence electrons. The smallest absolute Gasteiger partial charge is 0.0675 e. The van der Waals surface area contributed by atoms with Crippen molar-refractivity contribution in [3.8, 4) is 0 Å². The molecule has 0 unspecified atom stereocenters. The predicted molar refractivity (Wildman–Crippen MR) is 63.0 cm³/mol. The molecule has 0 saturated carbocycles. The van der Waals surface area contributed by atoms with Crippen LogP contribution in [-0.4, -0.2) is 68.2 Å². The quantitative estimate of drug-likeness (QED) is 0.643. The second kappa shape index (κ2) is 12.8. The lowest BCUT2D eigenvalue weighted by Gasteiger charge is -2.14. The first kappa shape index (κ1) is 23.6. The first-order valence-electron chi connectivity index (χ1n) is 4.86. The molecular weight excluding hydrogens is 180 g/mol. The molecule has 0 aromatic heterocycles. The van der Waals surface area contributed by atoms with Crippen LogP contribution in [0, 0.1) is 0 Å². The summed E-state index contributed by atoms with van der Waals surface area (Å²) >= 11 is 0. The molecule has 0 fully saturated rings.